The van der Waals surface area contributed by atoms with Gasteiger partial charge in [-0.25, -0.2) is 0 Å². The van der Waals surface area contributed by atoms with E-state index in [4.69, 9.17) is 0 Å². The maximum atomic E-state index is 2.38. The first-order chi connectivity index (χ1) is 6.07. The molecular formula is C12H24B2. The summed E-state index contributed by atoms with van der Waals surface area (Å²) in [6, 6.07) is 0. The van der Waals surface area contributed by atoms with Crippen molar-refractivity contribution in [2.45, 2.75) is 55.2 Å². The summed E-state index contributed by atoms with van der Waals surface area (Å²) in [6.45, 7) is 20.3. The van der Waals surface area contributed by atoms with Gasteiger partial charge in [0.05, 0.1) is 0 Å². The topological polar surface area (TPSA) is 0 Å². The van der Waals surface area contributed by atoms with Gasteiger partial charge in [0.15, 0.2) is 0 Å². The highest BCUT2D eigenvalue weighted by Crippen LogP contribution is 2.52. The van der Waals surface area contributed by atoms with Crippen molar-refractivity contribution in [1.82, 2.24) is 0 Å². The SMILES string of the molecule is CB1[C](C(C)(C)C)B(C)[C]1C(C)(C)C. The lowest BCUT2D eigenvalue weighted by Crippen LogP contribution is -2.64. The van der Waals surface area contributed by atoms with Crippen molar-refractivity contribution in [3.8, 4) is 0 Å². The fourth-order valence-electron chi connectivity index (χ4n) is 3.59. The molecule has 0 nitrogen and oxygen atoms in total. The van der Waals surface area contributed by atoms with Crippen LogP contribution in [0.4, 0.5) is 0 Å². The highest BCUT2D eigenvalue weighted by atomic mass is 14.3. The quantitative estimate of drug-likeness (QED) is 0.511. The molecule has 2 radical (unpaired) electrons. The summed E-state index contributed by atoms with van der Waals surface area (Å²) >= 11 is 0. The van der Waals surface area contributed by atoms with E-state index in [0.29, 0.717) is 10.8 Å². The third-order valence-corrected chi connectivity index (χ3v) is 3.60. The molecule has 0 spiro atoms. The van der Waals surface area contributed by atoms with E-state index in [9.17, 15) is 0 Å². The van der Waals surface area contributed by atoms with Gasteiger partial charge in [-0.2, -0.15) is 0 Å². The Kier molecular flexibility index (Phi) is 2.89. The lowest BCUT2D eigenvalue weighted by molar-refractivity contribution is 0.459. The summed E-state index contributed by atoms with van der Waals surface area (Å²) < 4.78 is 0. The molecule has 0 aromatic rings. The summed E-state index contributed by atoms with van der Waals surface area (Å²) in [5, 5.41) is 0. The van der Waals surface area contributed by atoms with Crippen molar-refractivity contribution >= 4 is 13.4 Å². The summed E-state index contributed by atoms with van der Waals surface area (Å²) in [4.78, 5) is 0. The normalized spacial score (nSPS) is 21.4. The maximum absolute atomic E-state index is 2.38. The number of rotatable bonds is 0. The van der Waals surface area contributed by atoms with Gasteiger partial charge in [0.2, 0.25) is 0 Å². The summed E-state index contributed by atoms with van der Waals surface area (Å²) in [5.74, 6) is 0. The first-order valence-corrected chi connectivity index (χ1v) is 5.81. The van der Waals surface area contributed by atoms with Gasteiger partial charge in [0.25, 0.3) is 0 Å². The van der Waals surface area contributed by atoms with Crippen molar-refractivity contribution in [3.05, 3.63) is 11.4 Å². The minimum Gasteiger partial charge on any atom is -0.0863 e. The largest absolute Gasteiger partial charge is 0.134 e. The Labute approximate surface area is 91.4 Å². The van der Waals surface area contributed by atoms with E-state index in [-0.39, 0.29) is 0 Å². The van der Waals surface area contributed by atoms with Gasteiger partial charge in [0.1, 0.15) is 13.4 Å². The fourth-order valence-corrected chi connectivity index (χ4v) is 3.59. The Hall–Kier alpha value is 0.130. The van der Waals surface area contributed by atoms with Crippen LogP contribution in [0.3, 0.4) is 0 Å². The molecule has 0 amide bonds. The van der Waals surface area contributed by atoms with Crippen LogP contribution in [-0.2, 0) is 0 Å². The molecule has 0 aliphatic carbocycles. The minimum atomic E-state index is 0.383. The smallest absolute Gasteiger partial charge is 0.0863 e. The van der Waals surface area contributed by atoms with E-state index in [1.54, 1.807) is 11.4 Å². The van der Waals surface area contributed by atoms with E-state index in [1.165, 1.54) is 0 Å². The van der Waals surface area contributed by atoms with Crippen molar-refractivity contribution in [2.24, 2.45) is 10.8 Å². The van der Waals surface area contributed by atoms with Crippen LogP contribution in [0.2, 0.25) is 13.6 Å². The minimum absolute atomic E-state index is 0.383. The highest BCUT2D eigenvalue weighted by Gasteiger charge is 2.57. The Bertz CT molecular complexity index is 177. The zero-order valence-electron chi connectivity index (χ0n) is 11.2. The van der Waals surface area contributed by atoms with Gasteiger partial charge in [-0.1, -0.05) is 66.6 Å². The Morgan fingerprint density at radius 2 is 0.857 bits per heavy atom. The second-order valence-corrected chi connectivity index (χ2v) is 6.85. The van der Waals surface area contributed by atoms with Gasteiger partial charge in [-0.15, -0.1) is 0 Å². The predicted octanol–water partition coefficient (Wildman–Crippen LogP) is 3.65. The van der Waals surface area contributed by atoms with Crippen LogP contribution < -0.4 is 0 Å². The van der Waals surface area contributed by atoms with Crippen LogP contribution in [0, 0.1) is 22.3 Å². The molecule has 1 saturated heterocycles. The summed E-state index contributed by atoms with van der Waals surface area (Å²) in [5.41, 5.74) is 4.24. The predicted molar refractivity (Wildman–Crippen MR) is 68.6 cm³/mol. The molecule has 78 valence electrons. The van der Waals surface area contributed by atoms with Crippen molar-refractivity contribution in [1.29, 1.82) is 0 Å². The van der Waals surface area contributed by atoms with Crippen molar-refractivity contribution in [2.75, 3.05) is 0 Å². The van der Waals surface area contributed by atoms with E-state index in [0.717, 1.165) is 13.4 Å². The molecule has 0 bridgehead atoms. The third kappa shape index (κ3) is 1.90. The van der Waals surface area contributed by atoms with Crippen molar-refractivity contribution in [3.63, 3.8) is 0 Å². The van der Waals surface area contributed by atoms with Gasteiger partial charge in [-0.05, 0) is 10.8 Å². The molecule has 0 aromatic heterocycles. The fraction of sp³-hybridized carbons (Fsp3) is 0.833. The lowest BCUT2D eigenvalue weighted by Gasteiger charge is -2.57. The van der Waals surface area contributed by atoms with E-state index >= 15 is 0 Å². The second kappa shape index (κ2) is 3.32. The molecule has 1 fully saturated rings. The average Bonchev–Trinajstić information content (AvgIpc) is 1.78. The zero-order valence-corrected chi connectivity index (χ0v) is 11.2. The number of hydrogen-bond acceptors (Lipinski definition) is 0. The Morgan fingerprint density at radius 3 is 1.00 bits per heavy atom. The maximum Gasteiger partial charge on any atom is 0.134 e. The van der Waals surface area contributed by atoms with E-state index in [2.05, 4.69) is 55.2 Å². The number of hydrogen-bond donors (Lipinski definition) is 0. The molecule has 14 heavy (non-hydrogen) atoms. The van der Waals surface area contributed by atoms with Gasteiger partial charge in [-0.3, -0.25) is 0 Å². The van der Waals surface area contributed by atoms with Gasteiger partial charge < -0.3 is 0 Å². The van der Waals surface area contributed by atoms with E-state index in [1.807, 2.05) is 0 Å². The molecule has 1 aliphatic heterocycles. The molecule has 0 atom stereocenters. The van der Waals surface area contributed by atoms with Crippen LogP contribution >= 0.6 is 0 Å². The van der Waals surface area contributed by atoms with E-state index < -0.39 is 0 Å². The summed E-state index contributed by atoms with van der Waals surface area (Å²) in [7, 11) is 0. The Balaban J connectivity index is 2.76. The Morgan fingerprint density at radius 1 is 0.643 bits per heavy atom. The molecule has 0 N–H and O–H groups in total. The van der Waals surface area contributed by atoms with Crippen molar-refractivity contribution < 1.29 is 0 Å². The van der Waals surface area contributed by atoms with Crippen LogP contribution in [-0.4, -0.2) is 13.4 Å². The molecule has 1 heterocycles. The zero-order chi connectivity index (χ0) is 11.3. The molecule has 0 saturated carbocycles. The average molecular weight is 190 g/mol. The summed E-state index contributed by atoms with van der Waals surface area (Å²) in [6.07, 6.45) is 0. The van der Waals surface area contributed by atoms with Crippen LogP contribution in [0.1, 0.15) is 41.5 Å². The first-order valence-electron chi connectivity index (χ1n) is 5.81. The molecule has 1 rings (SSSR count). The lowest BCUT2D eigenvalue weighted by atomic mass is 8.94. The molecule has 1 aliphatic rings. The molecule has 0 unspecified atom stereocenters. The van der Waals surface area contributed by atoms with Gasteiger partial charge >= 0.3 is 0 Å². The molecular weight excluding hydrogens is 166 g/mol. The first kappa shape index (κ1) is 12.2. The molecule has 0 aromatic carbocycles. The monoisotopic (exact) mass is 190 g/mol. The van der Waals surface area contributed by atoms with Crippen LogP contribution in [0.15, 0.2) is 0 Å². The molecule has 2 heteroatoms. The van der Waals surface area contributed by atoms with Gasteiger partial charge in [0, 0.05) is 0 Å². The highest BCUT2D eigenvalue weighted by molar-refractivity contribution is 7.10. The second-order valence-electron chi connectivity index (χ2n) is 6.85. The standard InChI is InChI=1S/C12H24B2/c1-11(2,3)9-13(7)10(14(9)8)12(4,5)6/h1-8H3. The van der Waals surface area contributed by atoms with Crippen LogP contribution in [0.5, 0.6) is 0 Å². The third-order valence-electron chi connectivity index (χ3n) is 3.60. The van der Waals surface area contributed by atoms with Crippen LogP contribution in [0.25, 0.3) is 0 Å².